The highest BCUT2D eigenvalue weighted by atomic mass is 16.5. The minimum atomic E-state index is 0.0254. The zero-order valence-corrected chi connectivity index (χ0v) is 27.4. The molecule has 2 atom stereocenters. The molecule has 5 nitrogen and oxygen atoms in total. The summed E-state index contributed by atoms with van der Waals surface area (Å²) in [4.78, 5) is 11.6. The molecule has 5 heteroatoms. The number of fused-ring (bicyclic) bond motifs is 7. The van der Waals surface area contributed by atoms with Crippen molar-refractivity contribution in [3.63, 3.8) is 0 Å². The average molecular weight is 645 g/mol. The van der Waals surface area contributed by atoms with Gasteiger partial charge >= 0.3 is 0 Å². The van der Waals surface area contributed by atoms with E-state index in [4.69, 9.17) is 9.72 Å². The van der Waals surface area contributed by atoms with Crippen LogP contribution in [-0.2, 0) is 0 Å². The lowest BCUT2D eigenvalue weighted by Gasteiger charge is -2.31. The maximum atomic E-state index is 6.41. The van der Waals surface area contributed by atoms with Gasteiger partial charge in [0.25, 0.3) is 0 Å². The third-order valence-electron chi connectivity index (χ3n) is 10.1. The van der Waals surface area contributed by atoms with E-state index in [-0.39, 0.29) is 12.0 Å². The minimum Gasteiger partial charge on any atom is -0.484 e. The van der Waals surface area contributed by atoms with Crippen LogP contribution in [0.2, 0.25) is 0 Å². The topological polar surface area (TPSA) is 43.2 Å². The van der Waals surface area contributed by atoms with Gasteiger partial charge in [-0.3, -0.25) is 0 Å². The second-order valence-corrected chi connectivity index (χ2v) is 13.1. The highest BCUT2D eigenvalue weighted by Gasteiger charge is 2.35. The van der Waals surface area contributed by atoms with Crippen LogP contribution in [-0.4, -0.2) is 20.6 Å². The van der Waals surface area contributed by atoms with E-state index in [2.05, 4.69) is 161 Å². The summed E-state index contributed by atoms with van der Waals surface area (Å²) in [6.07, 6.45) is 8.40. The summed E-state index contributed by atoms with van der Waals surface area (Å²) in [7, 11) is 0. The second kappa shape index (κ2) is 11.3. The Labute approximate surface area is 290 Å². The van der Waals surface area contributed by atoms with Crippen molar-refractivity contribution in [2.24, 2.45) is 5.92 Å². The summed E-state index contributed by atoms with van der Waals surface area (Å²) in [5.41, 5.74) is 12.1. The van der Waals surface area contributed by atoms with Gasteiger partial charge in [0.15, 0.2) is 5.65 Å². The van der Waals surface area contributed by atoms with Crippen LogP contribution in [0.3, 0.4) is 0 Å². The fraction of sp³-hybridized carbons (Fsp3) is 0.0667. The zero-order chi connectivity index (χ0) is 33.2. The van der Waals surface area contributed by atoms with Gasteiger partial charge < -0.3 is 14.2 Å². The molecule has 4 heterocycles. The molecule has 0 saturated carbocycles. The van der Waals surface area contributed by atoms with Crippen LogP contribution in [0.4, 0.5) is 11.4 Å². The Hall–Kier alpha value is -6.46. The lowest BCUT2D eigenvalue weighted by Crippen LogP contribution is -2.27. The molecule has 3 aromatic heterocycles. The largest absolute Gasteiger partial charge is 0.484 e. The molecule has 0 fully saturated rings. The molecular formula is C45H32N4O. The highest BCUT2D eigenvalue weighted by Crippen LogP contribution is 2.46. The Morgan fingerprint density at radius 3 is 2.34 bits per heavy atom. The Morgan fingerprint density at radius 1 is 0.680 bits per heavy atom. The molecule has 1 aliphatic heterocycles. The van der Waals surface area contributed by atoms with Crippen molar-refractivity contribution in [3.05, 3.63) is 175 Å². The lowest BCUT2D eigenvalue weighted by atomic mass is 9.88. The van der Waals surface area contributed by atoms with Gasteiger partial charge in [-0.05, 0) is 66.2 Å². The van der Waals surface area contributed by atoms with Crippen LogP contribution in [0.25, 0.3) is 55.2 Å². The van der Waals surface area contributed by atoms with Crippen molar-refractivity contribution >= 4 is 49.8 Å². The SMILES string of the molecule is CC1C=C(N(c2ccccc2)c2ccc(-c3cccc4c5ccccc5n(-c5cnc6ncccc6c5)c34)cc2)C=C2c3ccccc3OC21. The van der Waals surface area contributed by atoms with Crippen molar-refractivity contribution in [1.29, 1.82) is 0 Å². The quantitative estimate of drug-likeness (QED) is 0.187. The summed E-state index contributed by atoms with van der Waals surface area (Å²) in [6.45, 7) is 2.25. The Bertz CT molecular complexity index is 2650. The summed E-state index contributed by atoms with van der Waals surface area (Å²) < 4.78 is 8.76. The van der Waals surface area contributed by atoms with E-state index < -0.39 is 0 Å². The predicted molar refractivity (Wildman–Crippen MR) is 204 cm³/mol. The first-order valence-corrected chi connectivity index (χ1v) is 17.1. The molecule has 0 radical (unpaired) electrons. The third-order valence-corrected chi connectivity index (χ3v) is 10.1. The molecular weight excluding hydrogens is 613 g/mol. The zero-order valence-electron chi connectivity index (χ0n) is 27.4. The number of benzene rings is 5. The first-order chi connectivity index (χ1) is 24.7. The van der Waals surface area contributed by atoms with Crippen molar-refractivity contribution in [2.45, 2.75) is 13.0 Å². The molecule has 0 spiro atoms. The van der Waals surface area contributed by atoms with E-state index in [1.165, 1.54) is 21.9 Å². The van der Waals surface area contributed by atoms with Crippen LogP contribution in [0.5, 0.6) is 5.75 Å². The first-order valence-electron chi connectivity index (χ1n) is 17.1. The van der Waals surface area contributed by atoms with E-state index in [1.54, 1.807) is 6.20 Å². The van der Waals surface area contributed by atoms with E-state index in [0.717, 1.165) is 61.7 Å². The average Bonchev–Trinajstić information content (AvgIpc) is 3.72. The van der Waals surface area contributed by atoms with Gasteiger partial charge in [0.05, 0.1) is 22.9 Å². The number of hydrogen-bond donors (Lipinski definition) is 0. The maximum absolute atomic E-state index is 6.41. The number of para-hydroxylation sites is 4. The fourth-order valence-electron chi connectivity index (χ4n) is 7.83. The van der Waals surface area contributed by atoms with Crippen molar-refractivity contribution in [2.75, 3.05) is 4.90 Å². The molecule has 0 amide bonds. The normalized spacial score (nSPS) is 16.5. The smallest absolute Gasteiger partial charge is 0.159 e. The number of nitrogens with zero attached hydrogens (tertiary/aromatic N) is 4. The summed E-state index contributed by atoms with van der Waals surface area (Å²) in [6, 6.07) is 49.5. The van der Waals surface area contributed by atoms with Gasteiger partial charge in [0, 0.05) is 62.0 Å². The van der Waals surface area contributed by atoms with Crippen molar-refractivity contribution < 1.29 is 4.74 Å². The van der Waals surface area contributed by atoms with Crippen LogP contribution >= 0.6 is 0 Å². The highest BCUT2D eigenvalue weighted by molar-refractivity contribution is 6.14. The minimum absolute atomic E-state index is 0.0254. The number of anilines is 2. The van der Waals surface area contributed by atoms with Crippen molar-refractivity contribution in [1.82, 2.24) is 14.5 Å². The van der Waals surface area contributed by atoms with E-state index in [1.807, 2.05) is 18.3 Å². The Balaban J connectivity index is 1.12. The van der Waals surface area contributed by atoms with E-state index in [0.29, 0.717) is 0 Å². The van der Waals surface area contributed by atoms with Crippen LogP contribution in [0.15, 0.2) is 170 Å². The monoisotopic (exact) mass is 644 g/mol. The Kier molecular flexibility index (Phi) is 6.46. The Morgan fingerprint density at radius 2 is 1.44 bits per heavy atom. The van der Waals surface area contributed by atoms with Gasteiger partial charge in [0.2, 0.25) is 0 Å². The second-order valence-electron chi connectivity index (χ2n) is 13.1. The van der Waals surface area contributed by atoms with Gasteiger partial charge in [-0.2, -0.15) is 0 Å². The maximum Gasteiger partial charge on any atom is 0.159 e. The summed E-state index contributed by atoms with van der Waals surface area (Å²) >= 11 is 0. The molecule has 238 valence electrons. The number of hydrogen-bond acceptors (Lipinski definition) is 4. The van der Waals surface area contributed by atoms with Gasteiger partial charge in [-0.1, -0.05) is 97.9 Å². The molecule has 2 aliphatic rings. The van der Waals surface area contributed by atoms with Gasteiger partial charge in [0.1, 0.15) is 11.9 Å². The molecule has 0 N–H and O–H groups in total. The van der Waals surface area contributed by atoms with Crippen LogP contribution < -0.4 is 9.64 Å². The first kappa shape index (κ1) is 28.5. The molecule has 2 unspecified atom stereocenters. The van der Waals surface area contributed by atoms with Gasteiger partial charge in [-0.15, -0.1) is 0 Å². The molecule has 10 rings (SSSR count). The molecule has 8 aromatic rings. The number of aromatic nitrogens is 3. The standard InChI is InChI=1S/C45H32N4O/c1-29-25-34(27-40-38-15-6-8-19-42(38)50-44(29)40)48(32-12-3-2-4-13-32)33-22-20-30(21-23-33)36-16-9-17-39-37-14-5-7-18-41(37)49(43(36)39)35-26-31-11-10-24-46-45(31)47-28-35/h2-29,44H,1H3. The van der Waals surface area contributed by atoms with Crippen LogP contribution in [0.1, 0.15) is 12.5 Å². The van der Waals surface area contributed by atoms with Gasteiger partial charge in [-0.25, -0.2) is 9.97 Å². The molecule has 1 aliphatic carbocycles. The number of ether oxygens (including phenoxy) is 1. The number of rotatable bonds is 5. The molecule has 0 bridgehead atoms. The van der Waals surface area contributed by atoms with Crippen LogP contribution in [0, 0.1) is 5.92 Å². The fourth-order valence-corrected chi connectivity index (χ4v) is 7.83. The van der Waals surface area contributed by atoms with E-state index in [9.17, 15) is 0 Å². The third kappa shape index (κ3) is 4.47. The lowest BCUT2D eigenvalue weighted by molar-refractivity contribution is 0.235. The summed E-state index contributed by atoms with van der Waals surface area (Å²) in [5.74, 6) is 1.17. The summed E-state index contributed by atoms with van der Waals surface area (Å²) in [5, 5.41) is 3.43. The number of allylic oxidation sites excluding steroid dienone is 1. The number of pyridine rings is 2. The van der Waals surface area contributed by atoms with E-state index >= 15 is 0 Å². The predicted octanol–water partition coefficient (Wildman–Crippen LogP) is 10.9. The molecule has 0 saturated heterocycles. The molecule has 50 heavy (non-hydrogen) atoms. The molecule has 5 aromatic carbocycles. The van der Waals surface area contributed by atoms with Crippen molar-refractivity contribution in [3.8, 4) is 22.6 Å².